The fraction of sp³-hybridized carbons (Fsp3) is 0.143. The van der Waals surface area contributed by atoms with Crippen molar-refractivity contribution in [2.24, 2.45) is 5.10 Å². The third kappa shape index (κ3) is 4.39. The molecular formula is C28H21N3O6S. The van der Waals surface area contributed by atoms with Crippen molar-refractivity contribution in [1.82, 2.24) is 10.3 Å². The lowest BCUT2D eigenvalue weighted by molar-refractivity contribution is -0.129. The molecule has 2 atom stereocenters. The van der Waals surface area contributed by atoms with Crippen molar-refractivity contribution in [3.8, 4) is 17.2 Å². The number of hydrogen-bond donors (Lipinski definition) is 1. The molecule has 38 heavy (non-hydrogen) atoms. The molecule has 10 heteroatoms. The Balaban J connectivity index is 1.31. The molecule has 0 aromatic heterocycles. The number of thioether (sulfide) groups is 1. The third-order valence-corrected chi connectivity index (χ3v) is 7.19. The molecule has 0 spiro atoms. The van der Waals surface area contributed by atoms with Crippen molar-refractivity contribution in [2.45, 2.75) is 18.7 Å². The highest BCUT2D eigenvalue weighted by Gasteiger charge is 2.41. The van der Waals surface area contributed by atoms with Gasteiger partial charge in [0.2, 0.25) is 6.23 Å². The van der Waals surface area contributed by atoms with Gasteiger partial charge in [-0.1, -0.05) is 48.5 Å². The molecular weight excluding hydrogens is 506 g/mol. The van der Waals surface area contributed by atoms with Gasteiger partial charge in [-0.3, -0.25) is 14.9 Å². The summed E-state index contributed by atoms with van der Waals surface area (Å²) in [5.41, 5.74) is 3.85. The zero-order valence-electron chi connectivity index (χ0n) is 20.1. The summed E-state index contributed by atoms with van der Waals surface area (Å²) in [5, 5.41) is 8.48. The monoisotopic (exact) mass is 527 g/mol. The van der Waals surface area contributed by atoms with Gasteiger partial charge in [0, 0.05) is 23.6 Å². The lowest BCUT2D eigenvalue weighted by Gasteiger charge is -2.38. The van der Waals surface area contributed by atoms with E-state index in [9.17, 15) is 14.4 Å². The topological polar surface area (TPSA) is 107 Å². The quantitative estimate of drug-likeness (QED) is 0.289. The molecule has 2 amide bonds. The largest absolute Gasteiger partial charge is 0.493 e. The maximum Gasteiger partial charge on any atom is 0.337 e. The number of nitrogens with zero attached hydrogens (tertiary/aromatic N) is 2. The predicted octanol–water partition coefficient (Wildman–Crippen LogP) is 4.71. The Morgan fingerprint density at radius 2 is 1.87 bits per heavy atom. The maximum atomic E-state index is 12.4. The maximum absolute atomic E-state index is 12.4. The van der Waals surface area contributed by atoms with Crippen LogP contribution in [-0.2, 0) is 9.59 Å². The standard InChI is InChI=1S/C28H21N3O6S/c1-35-23-13-17(11-12-22(23)36-25(32)15-24-26(33)29-28(34)38-24)27-31-20(18-9-5-6-10-21(18)37-27)14-19(30-31)16-7-3-2-4-8-16/h2-13,15,20,27H,14H2,1H3,(H,29,33,34)/b24-15-/t20-,27-/m0/s1. The van der Waals surface area contributed by atoms with Crippen LogP contribution < -0.4 is 19.5 Å². The van der Waals surface area contributed by atoms with Crippen LogP contribution in [0.5, 0.6) is 17.2 Å². The summed E-state index contributed by atoms with van der Waals surface area (Å²) in [6.45, 7) is 0. The van der Waals surface area contributed by atoms with E-state index in [0.29, 0.717) is 17.5 Å². The van der Waals surface area contributed by atoms with E-state index in [1.165, 1.54) is 7.11 Å². The number of para-hydroxylation sites is 1. The molecule has 1 saturated heterocycles. The minimum Gasteiger partial charge on any atom is -0.493 e. The molecule has 0 saturated carbocycles. The van der Waals surface area contributed by atoms with Crippen LogP contribution in [0.4, 0.5) is 4.79 Å². The summed E-state index contributed by atoms with van der Waals surface area (Å²) in [6, 6.07) is 23.1. The van der Waals surface area contributed by atoms with Gasteiger partial charge in [-0.25, -0.2) is 9.80 Å². The molecule has 1 N–H and O–H groups in total. The number of carbonyl (C=O) groups excluding carboxylic acids is 3. The second-order valence-electron chi connectivity index (χ2n) is 8.70. The average molecular weight is 528 g/mol. The Morgan fingerprint density at radius 3 is 2.63 bits per heavy atom. The van der Waals surface area contributed by atoms with E-state index in [2.05, 4.69) is 11.4 Å². The molecule has 3 aliphatic rings. The molecule has 190 valence electrons. The molecule has 0 aliphatic carbocycles. The third-order valence-electron chi connectivity index (χ3n) is 6.38. The van der Waals surface area contributed by atoms with Gasteiger partial charge in [0.25, 0.3) is 11.1 Å². The highest BCUT2D eigenvalue weighted by molar-refractivity contribution is 8.18. The van der Waals surface area contributed by atoms with Gasteiger partial charge in [0.05, 0.1) is 23.8 Å². The van der Waals surface area contributed by atoms with Gasteiger partial charge >= 0.3 is 5.97 Å². The van der Waals surface area contributed by atoms with E-state index in [-0.39, 0.29) is 16.7 Å². The van der Waals surface area contributed by atoms with Gasteiger partial charge in [-0.05, 0) is 41.6 Å². The molecule has 0 bridgehead atoms. The van der Waals surface area contributed by atoms with Crippen molar-refractivity contribution < 1.29 is 28.6 Å². The van der Waals surface area contributed by atoms with E-state index >= 15 is 0 Å². The van der Waals surface area contributed by atoms with Gasteiger partial charge < -0.3 is 14.2 Å². The summed E-state index contributed by atoms with van der Waals surface area (Å²) in [5.74, 6) is -0.186. The van der Waals surface area contributed by atoms with Crippen molar-refractivity contribution in [3.63, 3.8) is 0 Å². The van der Waals surface area contributed by atoms with Gasteiger partial charge in [0.15, 0.2) is 11.5 Å². The van der Waals surface area contributed by atoms with E-state index in [1.54, 1.807) is 18.2 Å². The molecule has 3 aromatic carbocycles. The average Bonchev–Trinajstić information content (AvgIpc) is 3.52. The summed E-state index contributed by atoms with van der Waals surface area (Å²) in [7, 11) is 1.47. The summed E-state index contributed by atoms with van der Waals surface area (Å²) in [6.07, 6.45) is 1.17. The second kappa shape index (κ2) is 9.71. The molecule has 3 aromatic rings. The number of hydrogen-bond acceptors (Lipinski definition) is 9. The van der Waals surface area contributed by atoms with Crippen molar-refractivity contribution in [3.05, 3.63) is 100 Å². The smallest absolute Gasteiger partial charge is 0.337 e. The van der Waals surface area contributed by atoms with Crippen LogP contribution in [0.15, 0.2) is 88.9 Å². The van der Waals surface area contributed by atoms with Crippen LogP contribution in [0.1, 0.15) is 35.4 Å². The minimum absolute atomic E-state index is 0.00644. The Bertz CT molecular complexity index is 1520. The minimum atomic E-state index is -0.803. The zero-order valence-corrected chi connectivity index (χ0v) is 20.9. The fourth-order valence-corrected chi connectivity index (χ4v) is 5.29. The fourth-order valence-electron chi connectivity index (χ4n) is 4.65. The highest BCUT2D eigenvalue weighted by Crippen LogP contribution is 2.48. The first-order chi connectivity index (χ1) is 18.5. The number of methoxy groups -OCH3 is 1. The number of amides is 2. The van der Waals surface area contributed by atoms with Crippen molar-refractivity contribution in [2.75, 3.05) is 7.11 Å². The number of nitrogens with one attached hydrogen (secondary N) is 1. The molecule has 9 nitrogen and oxygen atoms in total. The van der Waals surface area contributed by atoms with Crippen LogP contribution in [0.2, 0.25) is 0 Å². The molecule has 3 aliphatic heterocycles. The first kappa shape index (κ1) is 23.8. The number of hydrazone groups is 1. The zero-order chi connectivity index (χ0) is 26.2. The highest BCUT2D eigenvalue weighted by atomic mass is 32.2. The Morgan fingerprint density at radius 1 is 1.08 bits per heavy atom. The molecule has 0 radical (unpaired) electrons. The lowest BCUT2D eigenvalue weighted by Crippen LogP contribution is -2.33. The van der Waals surface area contributed by atoms with Crippen LogP contribution in [0, 0.1) is 0 Å². The first-order valence-corrected chi connectivity index (χ1v) is 12.6. The number of rotatable bonds is 5. The lowest BCUT2D eigenvalue weighted by atomic mass is 9.96. The van der Waals surface area contributed by atoms with E-state index < -0.39 is 23.3 Å². The normalized spacial score (nSPS) is 20.8. The summed E-state index contributed by atoms with van der Waals surface area (Å²) in [4.78, 5) is 35.5. The van der Waals surface area contributed by atoms with Crippen LogP contribution >= 0.6 is 11.8 Å². The number of benzene rings is 3. The Hall–Kier alpha value is -4.57. The SMILES string of the molecule is COc1cc([C@@H]2Oc3ccccc3[C@@H]3CC(c4ccccc4)=NN32)ccc1OC(=O)/C=C1\SC(=O)NC1=O. The Kier molecular flexibility index (Phi) is 6.09. The number of esters is 1. The van der Waals surface area contributed by atoms with E-state index in [4.69, 9.17) is 19.3 Å². The number of ether oxygens (including phenoxy) is 3. The number of fused-ring (bicyclic) bond motifs is 3. The van der Waals surface area contributed by atoms with E-state index in [1.807, 2.05) is 53.5 Å². The van der Waals surface area contributed by atoms with E-state index in [0.717, 1.165) is 40.6 Å². The molecule has 1 fully saturated rings. The van der Waals surface area contributed by atoms with Gasteiger partial charge in [-0.2, -0.15) is 5.10 Å². The van der Waals surface area contributed by atoms with Gasteiger partial charge in [-0.15, -0.1) is 0 Å². The molecule has 0 unspecified atom stereocenters. The summed E-state index contributed by atoms with van der Waals surface area (Å²) >= 11 is 0.640. The number of imide groups is 1. The van der Waals surface area contributed by atoms with Crippen LogP contribution in [-0.4, -0.2) is 34.9 Å². The number of carbonyl (C=O) groups is 3. The molecule has 3 heterocycles. The van der Waals surface area contributed by atoms with Crippen LogP contribution in [0.25, 0.3) is 0 Å². The van der Waals surface area contributed by atoms with Crippen molar-refractivity contribution in [1.29, 1.82) is 0 Å². The first-order valence-electron chi connectivity index (χ1n) is 11.8. The predicted molar refractivity (Wildman–Crippen MR) is 140 cm³/mol. The Labute approximate surface area is 222 Å². The van der Waals surface area contributed by atoms with Crippen LogP contribution in [0.3, 0.4) is 0 Å². The van der Waals surface area contributed by atoms with Gasteiger partial charge in [0.1, 0.15) is 5.75 Å². The summed E-state index contributed by atoms with van der Waals surface area (Å²) < 4.78 is 17.3. The second-order valence-corrected chi connectivity index (χ2v) is 9.72. The molecule has 6 rings (SSSR count). The van der Waals surface area contributed by atoms with Crippen molar-refractivity contribution >= 4 is 34.6 Å².